The van der Waals surface area contributed by atoms with Gasteiger partial charge >= 0.3 is 12.1 Å². The van der Waals surface area contributed by atoms with Crippen LogP contribution in [-0.4, -0.2) is 83.2 Å². The number of amides is 3. The lowest BCUT2D eigenvalue weighted by Gasteiger charge is -2.35. The number of ether oxygens (including phenoxy) is 3. The maximum Gasteiger partial charge on any atom is 0.406 e. The summed E-state index contributed by atoms with van der Waals surface area (Å²) in [4.78, 5) is 27.4. The molecule has 3 N–H and O–H groups in total. The molecule has 192 valence electrons. The first kappa shape index (κ1) is 26.7. The number of hydrogen-bond acceptors (Lipinski definition) is 7. The number of hydrogen-bond donors (Lipinski definition) is 3. The molecule has 0 saturated carbocycles. The number of urea groups is 1. The van der Waals surface area contributed by atoms with Crippen LogP contribution in [0.15, 0.2) is 11.4 Å². The predicted molar refractivity (Wildman–Crippen MR) is 132 cm³/mol. The normalized spacial score (nSPS) is 20.1. The Bertz CT molecular complexity index is 755. The number of likely N-dealkylation sites (tertiary alicyclic amines) is 1. The van der Waals surface area contributed by atoms with Crippen LogP contribution in [0.1, 0.15) is 48.5 Å². The van der Waals surface area contributed by atoms with Gasteiger partial charge in [0, 0.05) is 56.2 Å². The summed E-state index contributed by atoms with van der Waals surface area (Å²) in [5, 5.41) is 11.2. The van der Waals surface area contributed by atoms with Crippen LogP contribution in [-0.2, 0) is 20.8 Å². The maximum absolute atomic E-state index is 13.1. The zero-order chi connectivity index (χ0) is 24.2. The summed E-state index contributed by atoms with van der Waals surface area (Å²) in [6, 6.07) is 2.33. The topological polar surface area (TPSA) is 101 Å². The lowest BCUT2D eigenvalue weighted by Crippen LogP contribution is -2.51. The second-order valence-corrected chi connectivity index (χ2v) is 10.1. The fourth-order valence-corrected chi connectivity index (χ4v) is 5.70. The quantitative estimate of drug-likeness (QED) is 0.407. The molecule has 2 atom stereocenters. The molecule has 0 bridgehead atoms. The standard InChI is InChI=1S/C24H40N4O5S/c1-25-15-20(14-18-5-10-32-11-6-18)27-23(29)28-9-3-4-19(16-28)21-7-13-34-22(21)17-33-12-8-26-24(30)31-2/h7,13,18-20,25H,3-6,8-12,14-17H2,1-2H3,(H,26,30)(H,27,29)/t19-,20-/m0/s1. The van der Waals surface area contributed by atoms with Crippen LogP contribution >= 0.6 is 11.3 Å². The van der Waals surface area contributed by atoms with Crippen LogP contribution < -0.4 is 16.0 Å². The maximum atomic E-state index is 13.1. The third kappa shape index (κ3) is 8.41. The molecule has 3 heterocycles. The van der Waals surface area contributed by atoms with Crippen molar-refractivity contribution in [1.29, 1.82) is 0 Å². The fraction of sp³-hybridized carbons (Fsp3) is 0.750. The number of likely N-dealkylation sites (N-methyl/N-ethyl adjacent to an activating group) is 1. The Hall–Kier alpha value is -1.88. The number of piperidine rings is 1. The Morgan fingerprint density at radius 3 is 2.88 bits per heavy atom. The molecule has 0 aromatic carbocycles. The summed E-state index contributed by atoms with van der Waals surface area (Å²) in [7, 11) is 3.28. The minimum Gasteiger partial charge on any atom is -0.453 e. The van der Waals surface area contributed by atoms with Crippen molar-refractivity contribution < 1.29 is 23.8 Å². The van der Waals surface area contributed by atoms with E-state index in [0.717, 1.165) is 65.0 Å². The fourth-order valence-electron chi connectivity index (χ4n) is 4.80. The van der Waals surface area contributed by atoms with Gasteiger partial charge in [-0.1, -0.05) is 0 Å². The molecule has 1 aromatic rings. The molecule has 34 heavy (non-hydrogen) atoms. The molecule has 2 aliphatic rings. The number of alkyl carbamates (subject to hydrolysis) is 1. The second-order valence-electron chi connectivity index (χ2n) is 9.05. The highest BCUT2D eigenvalue weighted by Crippen LogP contribution is 2.32. The molecule has 0 unspecified atom stereocenters. The van der Waals surface area contributed by atoms with Crippen molar-refractivity contribution in [2.75, 3.05) is 60.2 Å². The number of carbonyl (C=O) groups excluding carboxylic acids is 2. The first-order valence-electron chi connectivity index (χ1n) is 12.3. The van der Waals surface area contributed by atoms with Gasteiger partial charge in [-0.25, -0.2) is 9.59 Å². The van der Waals surface area contributed by atoms with Gasteiger partial charge in [0.1, 0.15) is 0 Å². The average Bonchev–Trinajstić information content (AvgIpc) is 3.33. The lowest BCUT2D eigenvalue weighted by molar-refractivity contribution is 0.0606. The van der Waals surface area contributed by atoms with E-state index in [2.05, 4.69) is 32.1 Å². The molecular weight excluding hydrogens is 456 g/mol. The van der Waals surface area contributed by atoms with E-state index >= 15 is 0 Å². The monoisotopic (exact) mass is 496 g/mol. The van der Waals surface area contributed by atoms with Crippen LogP contribution in [0, 0.1) is 5.92 Å². The molecule has 2 aliphatic heterocycles. The minimum atomic E-state index is -0.453. The molecule has 9 nitrogen and oxygen atoms in total. The number of carbonyl (C=O) groups is 2. The van der Waals surface area contributed by atoms with Gasteiger partial charge in [-0.15, -0.1) is 11.3 Å². The van der Waals surface area contributed by atoms with Crippen LogP contribution in [0.25, 0.3) is 0 Å². The number of nitrogens with zero attached hydrogens (tertiary/aromatic N) is 1. The van der Waals surface area contributed by atoms with Gasteiger partial charge < -0.3 is 35.1 Å². The minimum absolute atomic E-state index is 0.0407. The van der Waals surface area contributed by atoms with Crippen LogP contribution in [0.3, 0.4) is 0 Å². The largest absolute Gasteiger partial charge is 0.453 e. The van der Waals surface area contributed by atoms with E-state index < -0.39 is 6.09 Å². The predicted octanol–water partition coefficient (Wildman–Crippen LogP) is 2.91. The molecular formula is C24H40N4O5S. The van der Waals surface area contributed by atoms with Gasteiger partial charge in [0.15, 0.2) is 0 Å². The van der Waals surface area contributed by atoms with E-state index in [1.165, 1.54) is 17.6 Å². The average molecular weight is 497 g/mol. The summed E-state index contributed by atoms with van der Waals surface area (Å²) < 4.78 is 15.8. The SMILES string of the molecule is CNC[C@H](CC1CCOCC1)NC(=O)N1CCC[C@H](c2ccsc2COCCNC(=O)OC)C1. The Morgan fingerprint density at radius 2 is 2.12 bits per heavy atom. The van der Waals surface area contributed by atoms with Crippen LogP contribution in [0.4, 0.5) is 9.59 Å². The van der Waals surface area contributed by atoms with Gasteiger partial charge in [0.25, 0.3) is 0 Å². The number of rotatable bonds is 11. The van der Waals surface area contributed by atoms with Crippen molar-refractivity contribution in [3.63, 3.8) is 0 Å². The smallest absolute Gasteiger partial charge is 0.406 e. The van der Waals surface area contributed by atoms with E-state index in [1.807, 2.05) is 11.9 Å². The first-order chi connectivity index (χ1) is 16.6. The highest BCUT2D eigenvalue weighted by atomic mass is 32.1. The summed E-state index contributed by atoms with van der Waals surface area (Å²) in [5.41, 5.74) is 1.28. The molecule has 0 radical (unpaired) electrons. The summed E-state index contributed by atoms with van der Waals surface area (Å²) in [5.74, 6) is 0.925. The van der Waals surface area contributed by atoms with Crippen molar-refractivity contribution in [3.05, 3.63) is 21.9 Å². The van der Waals surface area contributed by atoms with Gasteiger partial charge in [0.2, 0.25) is 0 Å². The Kier molecular flexibility index (Phi) is 11.4. The highest BCUT2D eigenvalue weighted by molar-refractivity contribution is 7.10. The molecule has 2 saturated heterocycles. The van der Waals surface area contributed by atoms with E-state index in [0.29, 0.717) is 31.6 Å². The Balaban J connectivity index is 1.49. The second kappa shape index (κ2) is 14.5. The zero-order valence-corrected chi connectivity index (χ0v) is 21.3. The Morgan fingerprint density at radius 1 is 1.29 bits per heavy atom. The number of nitrogens with one attached hydrogen (secondary N) is 3. The van der Waals surface area contributed by atoms with E-state index in [1.54, 1.807) is 11.3 Å². The zero-order valence-electron chi connectivity index (χ0n) is 20.5. The Labute approximate surface area is 206 Å². The van der Waals surface area contributed by atoms with Crippen molar-refractivity contribution in [2.45, 2.75) is 50.7 Å². The molecule has 10 heteroatoms. The van der Waals surface area contributed by atoms with Gasteiger partial charge in [-0.2, -0.15) is 0 Å². The molecule has 1 aromatic heterocycles. The third-order valence-corrected chi connectivity index (χ3v) is 7.51. The summed E-state index contributed by atoms with van der Waals surface area (Å²) in [6.45, 7) is 5.29. The molecule has 3 rings (SSSR count). The van der Waals surface area contributed by atoms with Crippen molar-refractivity contribution >= 4 is 23.5 Å². The molecule has 2 fully saturated rings. The highest BCUT2D eigenvalue weighted by Gasteiger charge is 2.28. The summed E-state index contributed by atoms with van der Waals surface area (Å²) >= 11 is 1.68. The third-order valence-electron chi connectivity index (χ3n) is 6.60. The van der Waals surface area contributed by atoms with Crippen molar-refractivity contribution in [2.24, 2.45) is 5.92 Å². The van der Waals surface area contributed by atoms with Gasteiger partial charge in [0.05, 0.1) is 20.3 Å². The van der Waals surface area contributed by atoms with E-state index in [4.69, 9.17) is 9.47 Å². The van der Waals surface area contributed by atoms with Crippen LogP contribution in [0.2, 0.25) is 0 Å². The van der Waals surface area contributed by atoms with Crippen LogP contribution in [0.5, 0.6) is 0 Å². The summed E-state index contributed by atoms with van der Waals surface area (Å²) in [6.07, 6.45) is 4.75. The van der Waals surface area contributed by atoms with Gasteiger partial charge in [-0.3, -0.25) is 0 Å². The number of thiophene rings is 1. The van der Waals surface area contributed by atoms with Crippen molar-refractivity contribution in [1.82, 2.24) is 20.9 Å². The number of methoxy groups -OCH3 is 1. The molecule has 3 amide bonds. The van der Waals surface area contributed by atoms with E-state index in [-0.39, 0.29) is 12.1 Å². The molecule has 0 aliphatic carbocycles. The van der Waals surface area contributed by atoms with Gasteiger partial charge in [-0.05, 0) is 62.1 Å². The first-order valence-corrected chi connectivity index (χ1v) is 13.2. The van der Waals surface area contributed by atoms with E-state index in [9.17, 15) is 9.59 Å². The lowest BCUT2D eigenvalue weighted by atomic mass is 9.91. The molecule has 0 spiro atoms. The van der Waals surface area contributed by atoms with Crippen molar-refractivity contribution in [3.8, 4) is 0 Å².